The minimum Gasteiger partial charge on any atom is -0.325 e. The van der Waals surface area contributed by atoms with Crippen molar-refractivity contribution >= 4 is 40.7 Å². The molecule has 0 atom stereocenters. The van der Waals surface area contributed by atoms with Gasteiger partial charge in [-0.2, -0.15) is 0 Å². The number of carbonyl (C=O) groups excluding carboxylic acids is 2. The first-order valence-electron chi connectivity index (χ1n) is 11.7. The SMILES string of the molecule is O=C(CSc1nnc(-c2ccccc2)n1-c1ccc(F)cc1F)Nc1ccc(Cl)cc1C(=O)c1ccccc1. The van der Waals surface area contributed by atoms with Crippen LogP contribution in [0.2, 0.25) is 5.02 Å². The summed E-state index contributed by atoms with van der Waals surface area (Å²) >= 11 is 7.15. The Morgan fingerprint density at radius 1 is 0.872 bits per heavy atom. The molecule has 1 N–H and O–H groups in total. The Labute approximate surface area is 231 Å². The number of carbonyl (C=O) groups is 2. The van der Waals surface area contributed by atoms with Crippen LogP contribution in [0, 0.1) is 11.6 Å². The zero-order valence-electron chi connectivity index (χ0n) is 20.1. The van der Waals surface area contributed by atoms with E-state index >= 15 is 0 Å². The summed E-state index contributed by atoms with van der Waals surface area (Å²) in [5.41, 5.74) is 1.70. The van der Waals surface area contributed by atoms with E-state index in [2.05, 4.69) is 15.5 Å². The van der Waals surface area contributed by atoms with Gasteiger partial charge < -0.3 is 5.32 Å². The number of nitrogens with zero attached hydrogens (tertiary/aromatic N) is 3. The fourth-order valence-electron chi connectivity index (χ4n) is 3.89. The molecule has 0 saturated heterocycles. The maximum Gasteiger partial charge on any atom is 0.234 e. The van der Waals surface area contributed by atoms with Gasteiger partial charge in [-0.15, -0.1) is 10.2 Å². The van der Waals surface area contributed by atoms with Gasteiger partial charge in [-0.25, -0.2) is 8.78 Å². The van der Waals surface area contributed by atoms with Gasteiger partial charge in [0.2, 0.25) is 5.91 Å². The zero-order valence-corrected chi connectivity index (χ0v) is 21.7. The molecule has 1 aromatic heterocycles. The quantitative estimate of drug-likeness (QED) is 0.166. The van der Waals surface area contributed by atoms with Crippen molar-refractivity contribution in [3.63, 3.8) is 0 Å². The molecule has 0 saturated carbocycles. The van der Waals surface area contributed by atoms with Gasteiger partial charge in [-0.05, 0) is 30.3 Å². The highest BCUT2D eigenvalue weighted by Crippen LogP contribution is 2.30. The lowest BCUT2D eigenvalue weighted by Crippen LogP contribution is -2.17. The van der Waals surface area contributed by atoms with Crippen LogP contribution in [0.3, 0.4) is 0 Å². The molecule has 0 aliphatic rings. The van der Waals surface area contributed by atoms with Crippen LogP contribution in [-0.2, 0) is 4.79 Å². The number of rotatable bonds is 8. The van der Waals surface area contributed by atoms with Crippen LogP contribution in [0.25, 0.3) is 17.1 Å². The van der Waals surface area contributed by atoms with E-state index in [1.165, 1.54) is 16.7 Å². The average molecular weight is 561 g/mol. The first-order chi connectivity index (χ1) is 18.9. The van der Waals surface area contributed by atoms with E-state index in [-0.39, 0.29) is 27.9 Å². The van der Waals surface area contributed by atoms with Crippen molar-refractivity contribution in [1.82, 2.24) is 14.8 Å². The third-order valence-electron chi connectivity index (χ3n) is 5.68. The van der Waals surface area contributed by atoms with Gasteiger partial charge >= 0.3 is 0 Å². The number of nitrogens with one attached hydrogen (secondary N) is 1. The average Bonchev–Trinajstić information content (AvgIpc) is 3.37. The molecule has 6 nitrogen and oxygen atoms in total. The molecule has 0 spiro atoms. The molecule has 0 radical (unpaired) electrons. The largest absolute Gasteiger partial charge is 0.325 e. The number of amides is 1. The third-order valence-corrected chi connectivity index (χ3v) is 6.85. The second-order valence-corrected chi connectivity index (χ2v) is 9.70. The molecule has 0 aliphatic heterocycles. The van der Waals surface area contributed by atoms with Gasteiger partial charge in [0.15, 0.2) is 16.8 Å². The van der Waals surface area contributed by atoms with E-state index in [0.717, 1.165) is 23.9 Å². The lowest BCUT2D eigenvalue weighted by molar-refractivity contribution is -0.113. The maximum atomic E-state index is 14.8. The molecule has 194 valence electrons. The van der Waals surface area contributed by atoms with Gasteiger partial charge in [0.25, 0.3) is 0 Å². The molecule has 10 heteroatoms. The predicted octanol–water partition coefficient (Wildman–Crippen LogP) is 6.83. The lowest BCUT2D eigenvalue weighted by atomic mass is 10.0. The minimum absolute atomic E-state index is 0.0385. The number of hydrogen-bond donors (Lipinski definition) is 1. The number of benzene rings is 4. The van der Waals surface area contributed by atoms with E-state index in [1.807, 2.05) is 6.07 Å². The Bertz CT molecular complexity index is 1660. The molecule has 4 aromatic carbocycles. The van der Waals surface area contributed by atoms with E-state index < -0.39 is 17.5 Å². The van der Waals surface area contributed by atoms with Crippen LogP contribution in [0.1, 0.15) is 15.9 Å². The second kappa shape index (κ2) is 11.6. The summed E-state index contributed by atoms with van der Waals surface area (Å²) in [6.45, 7) is 0. The molecule has 0 bridgehead atoms. The Balaban J connectivity index is 1.41. The smallest absolute Gasteiger partial charge is 0.234 e. The number of halogens is 3. The predicted molar refractivity (Wildman–Crippen MR) is 147 cm³/mol. The van der Waals surface area contributed by atoms with Crippen LogP contribution in [0.4, 0.5) is 14.5 Å². The van der Waals surface area contributed by atoms with Crippen molar-refractivity contribution < 1.29 is 18.4 Å². The third kappa shape index (κ3) is 5.89. The number of anilines is 1. The van der Waals surface area contributed by atoms with Crippen LogP contribution in [-0.4, -0.2) is 32.2 Å². The minimum atomic E-state index is -0.802. The van der Waals surface area contributed by atoms with Crippen molar-refractivity contribution in [1.29, 1.82) is 0 Å². The number of thioether (sulfide) groups is 1. The Morgan fingerprint density at radius 2 is 1.59 bits per heavy atom. The highest BCUT2D eigenvalue weighted by Gasteiger charge is 2.21. The van der Waals surface area contributed by atoms with Gasteiger partial charge in [0.05, 0.1) is 17.1 Å². The molecule has 1 amide bonds. The van der Waals surface area contributed by atoms with Crippen molar-refractivity contribution in [2.45, 2.75) is 5.16 Å². The monoisotopic (exact) mass is 560 g/mol. The van der Waals surface area contributed by atoms with Crippen LogP contribution in [0.5, 0.6) is 0 Å². The van der Waals surface area contributed by atoms with Crippen molar-refractivity contribution in [2.75, 3.05) is 11.1 Å². The second-order valence-electron chi connectivity index (χ2n) is 8.33. The first kappa shape index (κ1) is 26.3. The Morgan fingerprint density at radius 3 is 2.31 bits per heavy atom. The van der Waals surface area contributed by atoms with Crippen molar-refractivity contribution in [3.05, 3.63) is 125 Å². The van der Waals surface area contributed by atoms with E-state index in [0.29, 0.717) is 27.7 Å². The van der Waals surface area contributed by atoms with Crippen LogP contribution >= 0.6 is 23.4 Å². The van der Waals surface area contributed by atoms with Gasteiger partial charge in [0, 0.05) is 27.8 Å². The van der Waals surface area contributed by atoms with E-state index in [4.69, 9.17) is 11.6 Å². The lowest BCUT2D eigenvalue weighted by Gasteiger charge is -2.13. The molecule has 1 heterocycles. The standard InChI is InChI=1S/C29H19ClF2N4O2S/c30-20-11-13-24(22(15-20)27(38)18-7-3-1-4-8-18)33-26(37)17-39-29-35-34-28(19-9-5-2-6-10-19)36(29)25-14-12-21(31)16-23(25)32/h1-16H,17H2,(H,33,37). The summed E-state index contributed by atoms with van der Waals surface area (Å²) in [4.78, 5) is 26.0. The van der Waals surface area contributed by atoms with Crippen LogP contribution < -0.4 is 5.32 Å². The fraction of sp³-hybridized carbons (Fsp3) is 0.0345. The number of hydrogen-bond acceptors (Lipinski definition) is 5. The Kier molecular flexibility index (Phi) is 7.81. The molecular formula is C29H19ClF2N4O2S. The van der Waals surface area contributed by atoms with Gasteiger partial charge in [0.1, 0.15) is 11.6 Å². The molecule has 0 unspecified atom stereocenters. The van der Waals surface area contributed by atoms with Crippen molar-refractivity contribution in [2.24, 2.45) is 0 Å². The summed E-state index contributed by atoms with van der Waals surface area (Å²) in [5.74, 6) is -2.04. The summed E-state index contributed by atoms with van der Waals surface area (Å²) in [6, 6.07) is 25.5. The van der Waals surface area contributed by atoms with Crippen LogP contribution in [0.15, 0.2) is 102 Å². The molecule has 5 aromatic rings. The number of ketones is 1. The normalized spacial score (nSPS) is 10.8. The molecule has 0 aliphatic carbocycles. The molecular weight excluding hydrogens is 542 g/mol. The van der Waals surface area contributed by atoms with E-state index in [1.54, 1.807) is 66.7 Å². The molecule has 5 rings (SSSR count). The summed E-state index contributed by atoms with van der Waals surface area (Å²) in [5, 5.41) is 11.7. The van der Waals surface area contributed by atoms with Gasteiger partial charge in [-0.3, -0.25) is 14.2 Å². The Hall–Kier alpha value is -4.34. The zero-order chi connectivity index (χ0) is 27.4. The van der Waals surface area contributed by atoms with E-state index in [9.17, 15) is 18.4 Å². The summed E-state index contributed by atoms with van der Waals surface area (Å²) < 4.78 is 29.9. The summed E-state index contributed by atoms with van der Waals surface area (Å²) in [6.07, 6.45) is 0. The maximum absolute atomic E-state index is 14.8. The first-order valence-corrected chi connectivity index (χ1v) is 13.1. The fourth-order valence-corrected chi connectivity index (χ4v) is 4.81. The topological polar surface area (TPSA) is 76.9 Å². The molecule has 0 fully saturated rings. The highest BCUT2D eigenvalue weighted by molar-refractivity contribution is 7.99. The molecule has 39 heavy (non-hydrogen) atoms. The van der Waals surface area contributed by atoms with Gasteiger partial charge in [-0.1, -0.05) is 84.0 Å². The summed E-state index contributed by atoms with van der Waals surface area (Å²) in [7, 11) is 0. The van der Waals surface area contributed by atoms with Crippen molar-refractivity contribution in [3.8, 4) is 17.1 Å². The number of aromatic nitrogens is 3. The highest BCUT2D eigenvalue weighted by atomic mass is 35.5.